The Morgan fingerprint density at radius 1 is 1.00 bits per heavy atom. The maximum atomic E-state index is 9.71. The Morgan fingerprint density at radius 2 is 1.71 bits per heavy atom. The molecular weight excluding hydrogens is 216 g/mol. The highest BCUT2D eigenvalue weighted by Gasteiger charge is 2.39. The van der Waals surface area contributed by atoms with E-state index in [1.807, 2.05) is 0 Å². The molecule has 1 atom stereocenters. The van der Waals surface area contributed by atoms with Crippen molar-refractivity contribution in [2.45, 2.75) is 57.5 Å². The molecule has 1 unspecified atom stereocenters. The quantitative estimate of drug-likeness (QED) is 0.750. The SMILES string of the molecule is OCC(CO)(CCC1CCCO1)C1CCCC1. The predicted molar refractivity (Wildman–Crippen MR) is 66.8 cm³/mol. The summed E-state index contributed by atoms with van der Waals surface area (Å²) in [5, 5.41) is 19.4. The summed E-state index contributed by atoms with van der Waals surface area (Å²) >= 11 is 0. The summed E-state index contributed by atoms with van der Waals surface area (Å²) in [6.45, 7) is 1.14. The summed E-state index contributed by atoms with van der Waals surface area (Å²) in [4.78, 5) is 0. The molecular formula is C14H26O3. The van der Waals surface area contributed by atoms with Crippen LogP contribution in [0.4, 0.5) is 0 Å². The van der Waals surface area contributed by atoms with Crippen molar-refractivity contribution in [1.82, 2.24) is 0 Å². The summed E-state index contributed by atoms with van der Waals surface area (Å²) < 4.78 is 5.64. The van der Waals surface area contributed by atoms with Crippen LogP contribution in [-0.2, 0) is 4.74 Å². The van der Waals surface area contributed by atoms with E-state index in [4.69, 9.17) is 4.74 Å². The van der Waals surface area contributed by atoms with Crippen LogP contribution in [-0.4, -0.2) is 36.1 Å². The number of aliphatic hydroxyl groups is 2. The van der Waals surface area contributed by atoms with Crippen LogP contribution in [0.5, 0.6) is 0 Å². The number of aliphatic hydroxyl groups excluding tert-OH is 2. The highest BCUT2D eigenvalue weighted by atomic mass is 16.5. The zero-order valence-corrected chi connectivity index (χ0v) is 10.7. The monoisotopic (exact) mass is 242 g/mol. The van der Waals surface area contributed by atoms with Crippen LogP contribution in [0.15, 0.2) is 0 Å². The highest BCUT2D eigenvalue weighted by Crippen LogP contribution is 2.43. The first kappa shape index (κ1) is 13.3. The number of ether oxygens (including phenoxy) is 1. The molecule has 0 aromatic heterocycles. The van der Waals surface area contributed by atoms with Crippen LogP contribution >= 0.6 is 0 Å². The second-order valence-corrected chi connectivity index (χ2v) is 5.83. The van der Waals surface area contributed by atoms with Gasteiger partial charge in [0, 0.05) is 12.0 Å². The molecule has 0 aromatic carbocycles. The van der Waals surface area contributed by atoms with E-state index < -0.39 is 0 Å². The predicted octanol–water partition coefficient (Wildman–Crippen LogP) is 2.11. The van der Waals surface area contributed by atoms with E-state index >= 15 is 0 Å². The van der Waals surface area contributed by atoms with Crippen molar-refractivity contribution in [2.75, 3.05) is 19.8 Å². The van der Waals surface area contributed by atoms with Gasteiger partial charge in [-0.15, -0.1) is 0 Å². The lowest BCUT2D eigenvalue weighted by Gasteiger charge is -2.36. The van der Waals surface area contributed by atoms with Gasteiger partial charge in [-0.3, -0.25) is 0 Å². The van der Waals surface area contributed by atoms with Crippen molar-refractivity contribution in [3.63, 3.8) is 0 Å². The van der Waals surface area contributed by atoms with E-state index in [9.17, 15) is 10.2 Å². The number of hydrogen-bond donors (Lipinski definition) is 2. The van der Waals surface area contributed by atoms with Gasteiger partial charge < -0.3 is 14.9 Å². The van der Waals surface area contributed by atoms with E-state index in [2.05, 4.69) is 0 Å². The van der Waals surface area contributed by atoms with Gasteiger partial charge in [-0.05, 0) is 44.4 Å². The molecule has 0 radical (unpaired) electrons. The first-order chi connectivity index (χ1) is 8.30. The minimum Gasteiger partial charge on any atom is -0.396 e. The van der Waals surface area contributed by atoms with Gasteiger partial charge in [0.2, 0.25) is 0 Å². The van der Waals surface area contributed by atoms with E-state index in [1.54, 1.807) is 0 Å². The van der Waals surface area contributed by atoms with Crippen molar-refractivity contribution in [1.29, 1.82) is 0 Å². The Kier molecular flexibility index (Phi) is 4.83. The Balaban J connectivity index is 1.89. The van der Waals surface area contributed by atoms with Crippen molar-refractivity contribution in [3.05, 3.63) is 0 Å². The van der Waals surface area contributed by atoms with E-state index in [0.29, 0.717) is 12.0 Å². The summed E-state index contributed by atoms with van der Waals surface area (Å²) in [5.41, 5.74) is -0.248. The lowest BCUT2D eigenvalue weighted by Crippen LogP contribution is -2.37. The zero-order valence-electron chi connectivity index (χ0n) is 10.7. The Labute approximate surface area is 104 Å². The second kappa shape index (κ2) is 6.17. The average molecular weight is 242 g/mol. The Morgan fingerprint density at radius 3 is 2.24 bits per heavy atom. The van der Waals surface area contributed by atoms with Gasteiger partial charge >= 0.3 is 0 Å². The third-order valence-electron chi connectivity index (χ3n) is 4.84. The maximum Gasteiger partial charge on any atom is 0.0576 e. The van der Waals surface area contributed by atoms with Crippen LogP contribution in [0.2, 0.25) is 0 Å². The van der Waals surface area contributed by atoms with Gasteiger partial charge in [-0.2, -0.15) is 0 Å². The van der Waals surface area contributed by atoms with Crippen molar-refractivity contribution in [3.8, 4) is 0 Å². The standard InChI is InChI=1S/C14H26O3/c15-10-14(11-16,12-4-1-2-5-12)8-7-13-6-3-9-17-13/h12-13,15-16H,1-11H2. The van der Waals surface area contributed by atoms with E-state index in [0.717, 1.165) is 25.9 Å². The van der Waals surface area contributed by atoms with Gasteiger partial charge in [0.1, 0.15) is 0 Å². The van der Waals surface area contributed by atoms with Crippen molar-refractivity contribution < 1.29 is 14.9 Å². The van der Waals surface area contributed by atoms with Crippen LogP contribution < -0.4 is 0 Å². The molecule has 100 valence electrons. The van der Waals surface area contributed by atoms with Crippen molar-refractivity contribution >= 4 is 0 Å². The molecule has 1 saturated carbocycles. The molecule has 2 aliphatic rings. The van der Waals surface area contributed by atoms with Crippen LogP contribution in [0.1, 0.15) is 51.4 Å². The van der Waals surface area contributed by atoms with Crippen LogP contribution in [0.25, 0.3) is 0 Å². The molecule has 1 heterocycles. The average Bonchev–Trinajstić information content (AvgIpc) is 3.04. The lowest BCUT2D eigenvalue weighted by atomic mass is 9.72. The molecule has 0 amide bonds. The fourth-order valence-electron chi connectivity index (χ4n) is 3.53. The molecule has 3 nitrogen and oxygen atoms in total. The zero-order chi connectivity index (χ0) is 12.1. The smallest absolute Gasteiger partial charge is 0.0576 e. The summed E-state index contributed by atoms with van der Waals surface area (Å²) in [5.74, 6) is 0.513. The molecule has 1 saturated heterocycles. The molecule has 17 heavy (non-hydrogen) atoms. The number of hydrogen-bond acceptors (Lipinski definition) is 3. The van der Waals surface area contributed by atoms with E-state index in [-0.39, 0.29) is 18.6 Å². The van der Waals surface area contributed by atoms with Gasteiger partial charge in [0.25, 0.3) is 0 Å². The molecule has 1 aliphatic heterocycles. The number of rotatable bonds is 6. The summed E-state index contributed by atoms with van der Waals surface area (Å²) in [7, 11) is 0. The molecule has 0 bridgehead atoms. The first-order valence-electron chi connectivity index (χ1n) is 7.14. The molecule has 1 aliphatic carbocycles. The topological polar surface area (TPSA) is 49.7 Å². The van der Waals surface area contributed by atoms with Gasteiger partial charge in [-0.1, -0.05) is 12.8 Å². The van der Waals surface area contributed by atoms with Gasteiger partial charge in [-0.25, -0.2) is 0 Å². The third-order valence-corrected chi connectivity index (χ3v) is 4.84. The minimum atomic E-state index is -0.248. The molecule has 2 rings (SSSR count). The molecule has 2 N–H and O–H groups in total. The van der Waals surface area contributed by atoms with Gasteiger partial charge in [0.05, 0.1) is 19.3 Å². The maximum absolute atomic E-state index is 9.71. The normalized spacial score (nSPS) is 26.8. The summed E-state index contributed by atoms with van der Waals surface area (Å²) in [6, 6.07) is 0. The van der Waals surface area contributed by atoms with Crippen LogP contribution in [0, 0.1) is 11.3 Å². The largest absolute Gasteiger partial charge is 0.396 e. The molecule has 0 aromatic rings. The Hall–Kier alpha value is -0.120. The second-order valence-electron chi connectivity index (χ2n) is 5.83. The van der Waals surface area contributed by atoms with Gasteiger partial charge in [0.15, 0.2) is 0 Å². The summed E-state index contributed by atoms with van der Waals surface area (Å²) in [6.07, 6.45) is 9.45. The minimum absolute atomic E-state index is 0.126. The molecule has 2 fully saturated rings. The van der Waals surface area contributed by atoms with Crippen LogP contribution in [0.3, 0.4) is 0 Å². The van der Waals surface area contributed by atoms with Crippen molar-refractivity contribution in [2.24, 2.45) is 11.3 Å². The molecule has 3 heteroatoms. The molecule has 0 spiro atoms. The van der Waals surface area contributed by atoms with E-state index in [1.165, 1.54) is 32.1 Å². The fourth-order valence-corrected chi connectivity index (χ4v) is 3.53. The lowest BCUT2D eigenvalue weighted by molar-refractivity contribution is -0.0148. The first-order valence-corrected chi connectivity index (χ1v) is 7.14. The third kappa shape index (κ3) is 3.01. The highest BCUT2D eigenvalue weighted by molar-refractivity contribution is 4.89. The fraction of sp³-hybridized carbons (Fsp3) is 1.00. The Bertz CT molecular complexity index is 214.